The number of nitrogens with zero attached hydrogens (tertiary/aromatic N) is 2. The van der Waals surface area contributed by atoms with E-state index in [1.165, 1.54) is 25.7 Å². The largest absolute Gasteiger partial charge is 0.369 e. The van der Waals surface area contributed by atoms with Gasteiger partial charge in [-0.25, -0.2) is 4.98 Å². The molecule has 0 saturated heterocycles. The van der Waals surface area contributed by atoms with E-state index in [9.17, 15) is 0 Å². The Labute approximate surface area is 123 Å². The fraction of sp³-hybridized carbons (Fsp3) is 0.750. The van der Waals surface area contributed by atoms with Crippen LogP contribution in [0.3, 0.4) is 0 Å². The maximum Gasteiger partial charge on any atom is 0.224 e. The van der Waals surface area contributed by atoms with Gasteiger partial charge in [-0.2, -0.15) is 4.98 Å². The van der Waals surface area contributed by atoms with Crippen molar-refractivity contribution in [1.82, 2.24) is 9.97 Å². The predicted molar refractivity (Wildman–Crippen MR) is 87.2 cm³/mol. The molecule has 1 heterocycles. The molecule has 0 unspecified atom stereocenters. The molecular weight excluding hydrogens is 248 g/mol. The van der Waals surface area contributed by atoms with Crippen LogP contribution in [0.4, 0.5) is 11.8 Å². The highest BCUT2D eigenvalue weighted by Crippen LogP contribution is 2.24. The van der Waals surface area contributed by atoms with Crippen LogP contribution in [-0.2, 0) is 0 Å². The SMILES string of the molecule is CCCCCC(C)(C)CNc1ccnc(NCCC)n1. The van der Waals surface area contributed by atoms with E-state index >= 15 is 0 Å². The van der Waals surface area contributed by atoms with Gasteiger partial charge in [-0.3, -0.25) is 0 Å². The standard InChI is InChI=1S/C16H30N4/c1-5-7-8-10-16(3,4)13-19-14-9-12-18-15(20-14)17-11-6-2/h9,12H,5-8,10-11,13H2,1-4H3,(H2,17,18,19,20). The van der Waals surface area contributed by atoms with Crippen molar-refractivity contribution in [3.05, 3.63) is 12.3 Å². The zero-order valence-corrected chi connectivity index (χ0v) is 13.5. The Kier molecular flexibility index (Phi) is 7.34. The molecule has 1 aromatic rings. The highest BCUT2D eigenvalue weighted by molar-refractivity contribution is 5.39. The zero-order chi connectivity index (χ0) is 14.8. The number of aromatic nitrogens is 2. The Morgan fingerprint density at radius 2 is 1.90 bits per heavy atom. The Morgan fingerprint density at radius 3 is 2.60 bits per heavy atom. The van der Waals surface area contributed by atoms with Crippen molar-refractivity contribution in [2.45, 2.75) is 59.8 Å². The number of nitrogens with one attached hydrogen (secondary N) is 2. The lowest BCUT2D eigenvalue weighted by molar-refractivity contribution is 0.342. The van der Waals surface area contributed by atoms with E-state index in [1.54, 1.807) is 6.20 Å². The van der Waals surface area contributed by atoms with Gasteiger partial charge in [0.1, 0.15) is 5.82 Å². The first-order chi connectivity index (χ1) is 9.57. The summed E-state index contributed by atoms with van der Waals surface area (Å²) in [6.07, 6.45) is 8.03. The smallest absolute Gasteiger partial charge is 0.224 e. The minimum atomic E-state index is 0.303. The van der Waals surface area contributed by atoms with E-state index < -0.39 is 0 Å². The average molecular weight is 278 g/mol. The molecule has 20 heavy (non-hydrogen) atoms. The second-order valence-electron chi connectivity index (χ2n) is 6.17. The molecule has 0 fully saturated rings. The first-order valence-electron chi connectivity index (χ1n) is 7.88. The summed E-state index contributed by atoms with van der Waals surface area (Å²) in [6.45, 7) is 10.9. The van der Waals surface area contributed by atoms with Crippen molar-refractivity contribution < 1.29 is 0 Å². The van der Waals surface area contributed by atoms with Crippen LogP contribution in [0.1, 0.15) is 59.8 Å². The summed E-state index contributed by atoms with van der Waals surface area (Å²) in [4.78, 5) is 8.70. The Balaban J connectivity index is 2.43. The van der Waals surface area contributed by atoms with Crippen molar-refractivity contribution >= 4 is 11.8 Å². The van der Waals surface area contributed by atoms with Crippen molar-refractivity contribution in [3.8, 4) is 0 Å². The molecule has 0 aliphatic carbocycles. The minimum Gasteiger partial charge on any atom is -0.369 e. The average Bonchev–Trinajstić information content (AvgIpc) is 2.44. The summed E-state index contributed by atoms with van der Waals surface area (Å²) in [5.41, 5.74) is 0.303. The van der Waals surface area contributed by atoms with Crippen LogP contribution < -0.4 is 10.6 Å². The Morgan fingerprint density at radius 1 is 1.10 bits per heavy atom. The zero-order valence-electron chi connectivity index (χ0n) is 13.5. The predicted octanol–water partition coefficient (Wildman–Crippen LogP) is 4.32. The molecule has 0 radical (unpaired) electrons. The van der Waals surface area contributed by atoms with Crippen molar-refractivity contribution in [2.24, 2.45) is 5.41 Å². The van der Waals surface area contributed by atoms with Crippen LogP contribution in [0.2, 0.25) is 0 Å². The number of anilines is 2. The molecule has 2 N–H and O–H groups in total. The van der Waals surface area contributed by atoms with E-state index in [1.807, 2.05) is 6.07 Å². The molecule has 0 aromatic carbocycles. The molecule has 0 saturated carbocycles. The van der Waals surface area contributed by atoms with Gasteiger partial charge in [0.2, 0.25) is 5.95 Å². The van der Waals surface area contributed by atoms with Crippen LogP contribution in [0.25, 0.3) is 0 Å². The molecule has 4 nitrogen and oxygen atoms in total. The first kappa shape index (κ1) is 16.7. The quantitative estimate of drug-likeness (QED) is 0.626. The van der Waals surface area contributed by atoms with Gasteiger partial charge in [0.25, 0.3) is 0 Å². The van der Waals surface area contributed by atoms with E-state index in [2.05, 4.69) is 48.3 Å². The van der Waals surface area contributed by atoms with Crippen LogP contribution >= 0.6 is 0 Å². The van der Waals surface area contributed by atoms with Gasteiger partial charge in [-0.05, 0) is 24.3 Å². The van der Waals surface area contributed by atoms with Gasteiger partial charge >= 0.3 is 0 Å². The van der Waals surface area contributed by atoms with Gasteiger partial charge in [-0.15, -0.1) is 0 Å². The molecular formula is C16H30N4. The molecule has 0 aliphatic heterocycles. The first-order valence-corrected chi connectivity index (χ1v) is 7.88. The summed E-state index contributed by atoms with van der Waals surface area (Å²) < 4.78 is 0. The summed E-state index contributed by atoms with van der Waals surface area (Å²) >= 11 is 0. The van der Waals surface area contributed by atoms with Crippen molar-refractivity contribution in [2.75, 3.05) is 23.7 Å². The van der Waals surface area contributed by atoms with Crippen molar-refractivity contribution in [1.29, 1.82) is 0 Å². The van der Waals surface area contributed by atoms with Crippen LogP contribution in [0, 0.1) is 5.41 Å². The highest BCUT2D eigenvalue weighted by Gasteiger charge is 2.17. The fourth-order valence-corrected chi connectivity index (χ4v) is 2.05. The third-order valence-electron chi connectivity index (χ3n) is 3.39. The molecule has 4 heteroatoms. The maximum absolute atomic E-state index is 4.48. The maximum atomic E-state index is 4.48. The summed E-state index contributed by atoms with van der Waals surface area (Å²) in [5, 5.41) is 6.65. The molecule has 0 bridgehead atoms. The molecule has 0 atom stereocenters. The second-order valence-corrected chi connectivity index (χ2v) is 6.17. The van der Waals surface area contributed by atoms with E-state index in [-0.39, 0.29) is 0 Å². The van der Waals surface area contributed by atoms with Crippen LogP contribution in [0.15, 0.2) is 12.3 Å². The van der Waals surface area contributed by atoms with Crippen LogP contribution in [0.5, 0.6) is 0 Å². The third kappa shape index (κ3) is 6.73. The molecule has 1 aromatic heterocycles. The second kappa shape index (κ2) is 8.77. The summed E-state index contributed by atoms with van der Waals surface area (Å²) in [7, 11) is 0. The monoisotopic (exact) mass is 278 g/mol. The molecule has 0 spiro atoms. The van der Waals surface area contributed by atoms with Gasteiger partial charge in [0, 0.05) is 19.3 Å². The number of rotatable bonds is 10. The lowest BCUT2D eigenvalue weighted by Gasteiger charge is -2.25. The number of hydrogen-bond donors (Lipinski definition) is 2. The van der Waals surface area contributed by atoms with Gasteiger partial charge in [0.15, 0.2) is 0 Å². The molecule has 0 aliphatic rings. The van der Waals surface area contributed by atoms with E-state index in [4.69, 9.17) is 0 Å². The molecule has 114 valence electrons. The minimum absolute atomic E-state index is 0.303. The summed E-state index contributed by atoms with van der Waals surface area (Å²) in [6, 6.07) is 1.93. The van der Waals surface area contributed by atoms with Gasteiger partial charge < -0.3 is 10.6 Å². The summed E-state index contributed by atoms with van der Waals surface area (Å²) in [5.74, 6) is 1.61. The number of hydrogen-bond acceptors (Lipinski definition) is 4. The lowest BCUT2D eigenvalue weighted by atomic mass is 9.87. The van der Waals surface area contributed by atoms with Gasteiger partial charge in [-0.1, -0.05) is 47.0 Å². The Bertz CT molecular complexity index is 376. The van der Waals surface area contributed by atoms with E-state index in [0.717, 1.165) is 25.3 Å². The van der Waals surface area contributed by atoms with Crippen molar-refractivity contribution in [3.63, 3.8) is 0 Å². The highest BCUT2D eigenvalue weighted by atomic mass is 15.1. The normalized spacial score (nSPS) is 11.4. The third-order valence-corrected chi connectivity index (χ3v) is 3.39. The van der Waals surface area contributed by atoms with E-state index in [0.29, 0.717) is 11.4 Å². The topological polar surface area (TPSA) is 49.8 Å². The lowest BCUT2D eigenvalue weighted by Crippen LogP contribution is -2.23. The van der Waals surface area contributed by atoms with Crippen LogP contribution in [-0.4, -0.2) is 23.1 Å². The number of unbranched alkanes of at least 4 members (excludes halogenated alkanes) is 2. The Hall–Kier alpha value is -1.32. The van der Waals surface area contributed by atoms with Gasteiger partial charge in [0.05, 0.1) is 0 Å². The molecule has 0 amide bonds. The molecule has 1 rings (SSSR count). The fourth-order valence-electron chi connectivity index (χ4n) is 2.05.